The molecule has 14 heavy (non-hydrogen) atoms. The van der Waals surface area contributed by atoms with Gasteiger partial charge in [0.25, 0.3) is 0 Å². The number of hydrogen-bond acceptors (Lipinski definition) is 1. The van der Waals surface area contributed by atoms with Gasteiger partial charge in [0.15, 0.2) is 0 Å². The number of benzene rings is 1. The van der Waals surface area contributed by atoms with Crippen LogP contribution >= 0.6 is 0 Å². The molecule has 1 aliphatic heterocycles. The van der Waals surface area contributed by atoms with Gasteiger partial charge in [0.1, 0.15) is 11.6 Å². The fourth-order valence-corrected chi connectivity index (χ4v) is 1.94. The third kappa shape index (κ3) is 2.29. The van der Waals surface area contributed by atoms with Gasteiger partial charge in [0, 0.05) is 12.1 Å². The van der Waals surface area contributed by atoms with Gasteiger partial charge in [-0.25, -0.2) is 8.78 Å². The van der Waals surface area contributed by atoms with E-state index in [9.17, 15) is 8.78 Å². The monoisotopic (exact) mass is 197 g/mol. The second kappa shape index (κ2) is 4.05. The molecule has 3 heteroatoms. The largest absolute Gasteiger partial charge is 0.314 e. The van der Waals surface area contributed by atoms with Gasteiger partial charge in [0.05, 0.1) is 0 Å². The van der Waals surface area contributed by atoms with Crippen molar-refractivity contribution in [3.8, 4) is 0 Å². The highest BCUT2D eigenvalue weighted by molar-refractivity contribution is 5.19. The zero-order valence-corrected chi connectivity index (χ0v) is 7.89. The maximum atomic E-state index is 12.8. The van der Waals surface area contributed by atoms with Crippen LogP contribution < -0.4 is 5.32 Å². The highest BCUT2D eigenvalue weighted by atomic mass is 19.1. The first-order valence-electron chi connectivity index (χ1n) is 4.92. The molecule has 1 heterocycles. The van der Waals surface area contributed by atoms with Crippen molar-refractivity contribution < 1.29 is 8.78 Å². The smallest absolute Gasteiger partial charge is 0.126 e. The Balaban J connectivity index is 2.07. The van der Waals surface area contributed by atoms with Crippen LogP contribution in [-0.4, -0.2) is 12.6 Å². The molecule has 1 aromatic carbocycles. The SMILES string of the molecule is Fc1cc(F)cc(CC2CCCN2)c1. The summed E-state index contributed by atoms with van der Waals surface area (Å²) < 4.78 is 25.7. The van der Waals surface area contributed by atoms with Crippen LogP contribution in [0, 0.1) is 11.6 Å². The Morgan fingerprint density at radius 1 is 1.21 bits per heavy atom. The molecule has 2 rings (SSSR count). The minimum Gasteiger partial charge on any atom is -0.314 e. The van der Waals surface area contributed by atoms with Crippen LogP contribution in [0.4, 0.5) is 8.78 Å². The predicted octanol–water partition coefficient (Wildman–Crippen LogP) is 2.26. The molecule has 1 N–H and O–H groups in total. The van der Waals surface area contributed by atoms with Gasteiger partial charge in [-0.15, -0.1) is 0 Å². The van der Waals surface area contributed by atoms with E-state index < -0.39 is 11.6 Å². The molecule has 0 bridgehead atoms. The Labute approximate surface area is 82.1 Å². The fraction of sp³-hybridized carbons (Fsp3) is 0.455. The van der Waals surface area contributed by atoms with Crippen LogP contribution in [-0.2, 0) is 6.42 Å². The Morgan fingerprint density at radius 2 is 1.93 bits per heavy atom. The zero-order chi connectivity index (χ0) is 9.97. The van der Waals surface area contributed by atoms with Gasteiger partial charge in [-0.05, 0) is 43.5 Å². The molecular formula is C11H13F2N. The summed E-state index contributed by atoms with van der Waals surface area (Å²) in [5.74, 6) is -0.976. The molecule has 0 spiro atoms. The van der Waals surface area contributed by atoms with E-state index in [2.05, 4.69) is 5.32 Å². The Morgan fingerprint density at radius 3 is 2.50 bits per heavy atom. The molecule has 0 saturated carbocycles. The third-order valence-corrected chi connectivity index (χ3v) is 2.57. The maximum Gasteiger partial charge on any atom is 0.126 e. The van der Waals surface area contributed by atoms with E-state index in [0.29, 0.717) is 12.5 Å². The molecule has 0 radical (unpaired) electrons. The third-order valence-electron chi connectivity index (χ3n) is 2.57. The van der Waals surface area contributed by atoms with Crippen LogP contribution in [0.5, 0.6) is 0 Å². The van der Waals surface area contributed by atoms with Gasteiger partial charge in [-0.1, -0.05) is 0 Å². The van der Waals surface area contributed by atoms with Gasteiger partial charge < -0.3 is 5.32 Å². The first kappa shape index (κ1) is 9.59. The molecule has 1 aromatic rings. The average Bonchev–Trinajstić information content (AvgIpc) is 2.54. The van der Waals surface area contributed by atoms with E-state index in [-0.39, 0.29) is 0 Å². The molecule has 1 atom stereocenters. The normalized spacial score (nSPS) is 21.4. The minimum atomic E-state index is -0.488. The number of halogens is 2. The number of nitrogens with one attached hydrogen (secondary N) is 1. The summed E-state index contributed by atoms with van der Waals surface area (Å²) in [4.78, 5) is 0. The molecule has 76 valence electrons. The lowest BCUT2D eigenvalue weighted by molar-refractivity contribution is 0.566. The summed E-state index contributed by atoms with van der Waals surface area (Å²) in [6.07, 6.45) is 2.97. The second-order valence-corrected chi connectivity index (χ2v) is 3.78. The lowest BCUT2D eigenvalue weighted by Crippen LogP contribution is -2.23. The molecule has 1 aliphatic rings. The van der Waals surface area contributed by atoms with Crippen molar-refractivity contribution in [3.63, 3.8) is 0 Å². The first-order valence-corrected chi connectivity index (χ1v) is 4.92. The lowest BCUT2D eigenvalue weighted by Gasteiger charge is -2.09. The predicted molar refractivity (Wildman–Crippen MR) is 51.1 cm³/mol. The first-order chi connectivity index (χ1) is 6.74. The van der Waals surface area contributed by atoms with Crippen LogP contribution in [0.15, 0.2) is 18.2 Å². The van der Waals surface area contributed by atoms with Crippen LogP contribution in [0.2, 0.25) is 0 Å². The topological polar surface area (TPSA) is 12.0 Å². The van der Waals surface area contributed by atoms with E-state index in [1.165, 1.54) is 12.1 Å². The molecule has 1 nitrogen and oxygen atoms in total. The molecular weight excluding hydrogens is 184 g/mol. The van der Waals surface area contributed by atoms with E-state index in [1.54, 1.807) is 0 Å². The van der Waals surface area contributed by atoms with Crippen LogP contribution in [0.25, 0.3) is 0 Å². The molecule has 1 fully saturated rings. The van der Waals surface area contributed by atoms with Gasteiger partial charge >= 0.3 is 0 Å². The van der Waals surface area contributed by atoms with Crippen molar-refractivity contribution in [2.75, 3.05) is 6.54 Å². The van der Waals surface area contributed by atoms with Crippen molar-refractivity contribution in [1.82, 2.24) is 5.32 Å². The lowest BCUT2D eigenvalue weighted by atomic mass is 10.0. The van der Waals surface area contributed by atoms with Gasteiger partial charge in [-0.2, -0.15) is 0 Å². The summed E-state index contributed by atoms with van der Waals surface area (Å²) in [6.45, 7) is 1.02. The summed E-state index contributed by atoms with van der Waals surface area (Å²) in [5.41, 5.74) is 0.738. The van der Waals surface area contributed by atoms with E-state index in [4.69, 9.17) is 0 Å². The number of hydrogen-bond donors (Lipinski definition) is 1. The highest BCUT2D eigenvalue weighted by Crippen LogP contribution is 2.14. The maximum absolute atomic E-state index is 12.8. The summed E-state index contributed by atoms with van der Waals surface area (Å²) in [7, 11) is 0. The molecule has 0 aliphatic carbocycles. The van der Waals surface area contributed by atoms with Crippen LogP contribution in [0.3, 0.4) is 0 Å². The fourth-order valence-electron chi connectivity index (χ4n) is 1.94. The molecule has 0 amide bonds. The van der Waals surface area contributed by atoms with Crippen molar-refractivity contribution in [2.24, 2.45) is 0 Å². The van der Waals surface area contributed by atoms with E-state index in [1.807, 2.05) is 0 Å². The Hall–Kier alpha value is -0.960. The van der Waals surface area contributed by atoms with Crippen molar-refractivity contribution >= 4 is 0 Å². The van der Waals surface area contributed by atoms with Gasteiger partial charge in [0.2, 0.25) is 0 Å². The summed E-state index contributed by atoms with van der Waals surface area (Å²) in [6, 6.07) is 4.11. The van der Waals surface area contributed by atoms with Crippen molar-refractivity contribution in [1.29, 1.82) is 0 Å². The van der Waals surface area contributed by atoms with Crippen molar-refractivity contribution in [2.45, 2.75) is 25.3 Å². The van der Waals surface area contributed by atoms with E-state index in [0.717, 1.165) is 31.0 Å². The quantitative estimate of drug-likeness (QED) is 0.766. The molecule has 1 saturated heterocycles. The highest BCUT2D eigenvalue weighted by Gasteiger charge is 2.14. The molecule has 0 aromatic heterocycles. The average molecular weight is 197 g/mol. The summed E-state index contributed by atoms with van der Waals surface area (Å²) in [5, 5.41) is 3.30. The van der Waals surface area contributed by atoms with Crippen molar-refractivity contribution in [3.05, 3.63) is 35.4 Å². The minimum absolute atomic E-state index is 0.385. The van der Waals surface area contributed by atoms with E-state index >= 15 is 0 Å². The Kier molecular flexibility index (Phi) is 2.77. The standard InChI is InChI=1S/C11H13F2N/c12-9-4-8(5-10(13)7-9)6-11-2-1-3-14-11/h4-5,7,11,14H,1-3,6H2. The summed E-state index contributed by atoms with van der Waals surface area (Å²) >= 11 is 0. The van der Waals surface area contributed by atoms with Gasteiger partial charge in [-0.3, -0.25) is 0 Å². The Bertz CT molecular complexity index is 299. The van der Waals surface area contributed by atoms with Crippen LogP contribution in [0.1, 0.15) is 18.4 Å². The zero-order valence-electron chi connectivity index (χ0n) is 7.89. The second-order valence-electron chi connectivity index (χ2n) is 3.78. The number of rotatable bonds is 2. The molecule has 1 unspecified atom stereocenters.